The third-order valence-corrected chi connectivity index (χ3v) is 10.5. The van der Waals surface area contributed by atoms with Crippen LogP contribution in [-0.4, -0.2) is 192 Å². The number of benzene rings is 2. The summed E-state index contributed by atoms with van der Waals surface area (Å²) in [6, 6.07) is 17.6. The molecule has 0 fully saturated rings. The third kappa shape index (κ3) is 34.9. The highest BCUT2D eigenvalue weighted by atomic mass is 32.2. The van der Waals surface area contributed by atoms with Crippen LogP contribution in [0.4, 0.5) is 0 Å². The maximum absolute atomic E-state index is 11.9. The number of aliphatic hydroxyl groups is 3. The summed E-state index contributed by atoms with van der Waals surface area (Å²) >= 11 is 1.50. The number of rotatable bonds is 24. The Morgan fingerprint density at radius 2 is 0.987 bits per heavy atom. The van der Waals surface area contributed by atoms with Crippen molar-refractivity contribution in [3.05, 3.63) is 105 Å². The maximum Gasteiger partial charge on any atom is 0.442 e. The zero-order chi connectivity index (χ0) is 59.6. The highest BCUT2D eigenvalue weighted by Crippen LogP contribution is 2.49. The van der Waals surface area contributed by atoms with E-state index >= 15 is 0 Å². The van der Waals surface area contributed by atoms with Gasteiger partial charge in [0.15, 0.2) is 19.3 Å². The first-order chi connectivity index (χ1) is 36.7. The normalized spacial score (nSPS) is 9.56. The fourth-order valence-electron chi connectivity index (χ4n) is 4.22. The Morgan fingerprint density at radius 3 is 1.34 bits per heavy atom. The molecule has 1 amide bonds. The molecule has 4 N–H and O–H groups in total. The lowest BCUT2D eigenvalue weighted by Crippen LogP contribution is -2.29. The number of thioether (sulfide) groups is 1. The van der Waals surface area contributed by atoms with Crippen LogP contribution in [0.3, 0.4) is 0 Å². The second-order valence-electron chi connectivity index (χ2n) is 13.0. The summed E-state index contributed by atoms with van der Waals surface area (Å²) in [6.07, 6.45) is -1.39. The van der Waals surface area contributed by atoms with Gasteiger partial charge in [-0.15, -0.1) is 11.8 Å². The SMILES string of the molecule is CCNC(=O)CC(=[N+]=[N-])C(=O)OCC.CCOC(=O)C(=[N+]=[N-])C(C)O.CCOC(=O)C(CO)=[N+]=[N-].CCOC(=O)C(CSCC)=[N+]=[N-].COP(=O)(OC)C(=[N+]=[N-])c1ccccc1.[N-]=[N+]=C(CO)C(=O)OCc1ccccc1. The van der Waals surface area contributed by atoms with Crippen molar-refractivity contribution >= 4 is 89.1 Å². The van der Waals surface area contributed by atoms with E-state index in [1.54, 1.807) is 77.1 Å². The van der Waals surface area contributed by atoms with Gasteiger partial charge in [-0.1, -0.05) is 55.5 Å². The molecule has 1 atom stereocenters. The summed E-state index contributed by atoms with van der Waals surface area (Å²) < 4.78 is 44.3. The van der Waals surface area contributed by atoms with E-state index in [1.165, 1.54) is 32.9 Å². The fourth-order valence-corrected chi connectivity index (χ4v) is 5.86. The first-order valence-corrected chi connectivity index (χ1v) is 25.1. The minimum atomic E-state index is -3.51. The quantitative estimate of drug-likeness (QED) is 0.0292. The van der Waals surface area contributed by atoms with Crippen molar-refractivity contribution in [2.45, 2.75) is 67.6 Å². The Bertz CT molecular complexity index is 2510. The predicted molar refractivity (Wildman–Crippen MR) is 274 cm³/mol. The Morgan fingerprint density at radius 1 is 0.584 bits per heavy atom. The van der Waals surface area contributed by atoms with Crippen molar-refractivity contribution in [2.75, 3.05) is 71.9 Å². The molecule has 77 heavy (non-hydrogen) atoms. The number of hydrogen-bond donors (Lipinski definition) is 4. The molecule has 0 aliphatic carbocycles. The van der Waals surface area contributed by atoms with Crippen LogP contribution in [0.15, 0.2) is 60.7 Å². The van der Waals surface area contributed by atoms with Crippen LogP contribution in [0, 0.1) is 0 Å². The number of ether oxygens (including phenoxy) is 5. The summed E-state index contributed by atoms with van der Waals surface area (Å²) in [7, 11) is -1.04. The van der Waals surface area contributed by atoms with E-state index in [0.29, 0.717) is 24.5 Å². The Hall–Kier alpha value is -8.08. The molecular weight excluding hydrogens is 1060 g/mol. The minimum absolute atomic E-state index is 0.0729. The summed E-state index contributed by atoms with van der Waals surface area (Å²) in [5.74, 6) is -2.86. The van der Waals surface area contributed by atoms with Crippen molar-refractivity contribution in [3.63, 3.8) is 0 Å². The summed E-state index contributed by atoms with van der Waals surface area (Å²) in [4.78, 5) is 81.6. The molecule has 422 valence electrons. The topological polar surface area (TPSA) is 475 Å². The van der Waals surface area contributed by atoms with Gasteiger partial charge in [-0.05, 0) is 65.0 Å². The van der Waals surface area contributed by atoms with Crippen LogP contribution in [-0.2, 0) is 72.7 Å². The van der Waals surface area contributed by atoms with Crippen molar-refractivity contribution < 1.29 is 110 Å². The van der Waals surface area contributed by atoms with E-state index in [0.717, 1.165) is 11.3 Å². The van der Waals surface area contributed by atoms with Crippen molar-refractivity contribution in [3.8, 4) is 0 Å². The number of hydrogen-bond acceptors (Lipinski definition) is 18. The Labute approximate surface area is 447 Å². The largest absolute Gasteiger partial charge is 0.457 e. The number of esters is 5. The number of carbonyl (C=O) groups is 6. The van der Waals surface area contributed by atoms with Gasteiger partial charge in [0.05, 0.1) is 32.0 Å². The number of nitrogens with zero attached hydrogens (tertiary/aromatic N) is 12. The molecule has 32 heteroatoms. The molecule has 0 aliphatic rings. The van der Waals surface area contributed by atoms with E-state index in [1.807, 2.05) is 25.1 Å². The maximum atomic E-state index is 11.9. The van der Waals surface area contributed by atoms with E-state index < -0.39 is 62.5 Å². The van der Waals surface area contributed by atoms with Gasteiger partial charge in [0.1, 0.15) is 18.8 Å². The molecule has 2 rings (SSSR count). The summed E-state index contributed by atoms with van der Waals surface area (Å²) in [6.45, 7) is 11.7. The van der Waals surface area contributed by atoms with Crippen molar-refractivity contribution in [2.24, 2.45) is 0 Å². The van der Waals surface area contributed by atoms with Crippen LogP contribution in [0.2, 0.25) is 0 Å². The monoisotopic (exact) mass is 1120 g/mol. The molecule has 0 aromatic heterocycles. The van der Waals surface area contributed by atoms with E-state index in [9.17, 15) is 33.3 Å². The second kappa shape index (κ2) is 48.8. The predicted octanol–water partition coefficient (Wildman–Crippen LogP) is 2.08. The van der Waals surface area contributed by atoms with Crippen LogP contribution < -0.4 is 5.32 Å². The van der Waals surface area contributed by atoms with Gasteiger partial charge in [-0.25, -0.2) is 28.5 Å². The first kappa shape index (κ1) is 75.4. The summed E-state index contributed by atoms with van der Waals surface area (Å²) in [5, 5.41) is 28.2. The smallest absolute Gasteiger partial charge is 0.442 e. The lowest BCUT2D eigenvalue weighted by Gasteiger charge is -2.08. The zero-order valence-electron chi connectivity index (χ0n) is 43.9. The molecule has 2 aromatic carbocycles. The molecule has 0 saturated heterocycles. The molecule has 0 heterocycles. The minimum Gasteiger partial charge on any atom is -0.457 e. The average Bonchev–Trinajstić information content (AvgIpc) is 3.42. The Balaban J connectivity index is -0.000000418. The van der Waals surface area contributed by atoms with E-state index in [4.69, 9.17) is 62.3 Å². The van der Waals surface area contributed by atoms with Crippen LogP contribution in [0.25, 0.3) is 33.2 Å². The van der Waals surface area contributed by atoms with E-state index in [-0.39, 0.29) is 67.1 Å². The number of nitrogens with one attached hydrogen (secondary N) is 1. The molecule has 0 radical (unpaired) electrons. The van der Waals surface area contributed by atoms with Gasteiger partial charge in [-0.3, -0.25) is 4.79 Å². The molecule has 0 spiro atoms. The van der Waals surface area contributed by atoms with Gasteiger partial charge in [0.25, 0.3) is 0 Å². The zero-order valence-corrected chi connectivity index (χ0v) is 45.6. The highest BCUT2D eigenvalue weighted by molar-refractivity contribution is 8.00. The molecule has 0 saturated carbocycles. The van der Waals surface area contributed by atoms with Gasteiger partial charge < -0.3 is 86.6 Å². The van der Waals surface area contributed by atoms with Gasteiger partial charge >= 0.3 is 71.5 Å². The number of carbonyl (C=O) groups excluding carboxylic acids is 6. The molecule has 30 nitrogen and oxygen atoms in total. The van der Waals surface area contributed by atoms with Crippen LogP contribution in [0.5, 0.6) is 0 Å². The van der Waals surface area contributed by atoms with Crippen LogP contribution in [0.1, 0.15) is 66.0 Å². The van der Waals surface area contributed by atoms with Crippen molar-refractivity contribution in [1.82, 2.24) is 5.32 Å². The summed E-state index contributed by atoms with van der Waals surface area (Å²) in [5.41, 5.74) is 50.1. The number of aliphatic hydroxyl groups excluding tert-OH is 3. The van der Waals surface area contributed by atoms with Crippen molar-refractivity contribution in [1.29, 1.82) is 0 Å². The molecule has 1 unspecified atom stereocenters. The average molecular weight is 1120 g/mol. The molecular formula is C45H64N13O17PS. The van der Waals surface area contributed by atoms with Gasteiger partial charge in [0.2, 0.25) is 5.91 Å². The second-order valence-corrected chi connectivity index (χ2v) is 16.5. The fraction of sp³-hybridized carbons (Fsp3) is 0.467. The third-order valence-electron chi connectivity index (χ3n) is 7.76. The molecule has 2 aromatic rings. The lowest BCUT2D eigenvalue weighted by atomic mass is 10.2. The lowest BCUT2D eigenvalue weighted by molar-refractivity contribution is -0.142. The molecule has 0 aliphatic heterocycles. The van der Waals surface area contributed by atoms with E-state index in [2.05, 4.69) is 53.0 Å². The van der Waals surface area contributed by atoms with Gasteiger partial charge in [0, 0.05) is 20.8 Å². The highest BCUT2D eigenvalue weighted by Gasteiger charge is 2.39. The van der Waals surface area contributed by atoms with Gasteiger partial charge in [-0.2, -0.15) is 28.7 Å². The number of amides is 1. The standard InChI is InChI=1S/C10H10N2O3.C9H11N2O3P.C8H13N3O3.C7H12N2O2S.C6H10N2O3.C5H8N2O3/c11-12-9(6-13)10(14)15-7-8-4-2-1-3-5-8;1-13-15(12,14-2)9(11-10)8-6-4-3-5-7-8;1-3-10-7(12)5-6(11-9)8(13)14-4-2;1-3-11-7(10)6(9-8)5-12-4-2;1-3-11-6(10)5(8-7)4(2)9;1-2-10-5(9)4(3-8)7-6/h1-5,13H,6-7H2;3-7H,1-2H3;3-5H2,1-2H3,(H,10,12);3-5H2,1-2H3;4,9H,3H2,1-2H3;8H,2-3H2,1H3. The molecule has 0 bridgehead atoms. The first-order valence-electron chi connectivity index (χ1n) is 22.4. The van der Waals surface area contributed by atoms with Crippen LogP contribution >= 0.6 is 19.4 Å². The Kier molecular flexibility index (Phi) is 47.8.